The molecule has 2 amide bonds. The molecule has 138 valence electrons. The molecule has 1 aliphatic carbocycles. The van der Waals surface area contributed by atoms with Gasteiger partial charge in [0.1, 0.15) is 6.04 Å². The molecule has 7 heteroatoms. The van der Waals surface area contributed by atoms with Gasteiger partial charge in [0, 0.05) is 22.6 Å². The van der Waals surface area contributed by atoms with Crippen LogP contribution in [0.1, 0.15) is 42.5 Å². The predicted octanol–water partition coefficient (Wildman–Crippen LogP) is 2.72. The Morgan fingerprint density at radius 3 is 2.56 bits per heavy atom. The fraction of sp³-hybridized carbons (Fsp3) is 0.556. The van der Waals surface area contributed by atoms with Crippen molar-refractivity contribution >= 4 is 40.2 Å². The van der Waals surface area contributed by atoms with Gasteiger partial charge in [-0.1, -0.05) is 22.4 Å². The van der Waals surface area contributed by atoms with Gasteiger partial charge in [0.05, 0.1) is 0 Å². The number of nitrogens with zero attached hydrogens (tertiary/aromatic N) is 1. The van der Waals surface area contributed by atoms with E-state index < -0.39 is 0 Å². The second-order valence-electron chi connectivity index (χ2n) is 6.71. The van der Waals surface area contributed by atoms with Crippen LogP contribution in [0.3, 0.4) is 0 Å². The molecular weight excluding hydrogens is 406 g/mol. The molecule has 3 rings (SSSR count). The summed E-state index contributed by atoms with van der Waals surface area (Å²) >= 11 is 3.38. The van der Waals surface area contributed by atoms with Crippen LogP contribution in [-0.4, -0.2) is 41.9 Å². The Morgan fingerprint density at radius 2 is 1.88 bits per heavy atom. The maximum Gasteiger partial charge on any atom is 0.254 e. The van der Waals surface area contributed by atoms with E-state index in [2.05, 4.69) is 21.2 Å². The summed E-state index contributed by atoms with van der Waals surface area (Å²) in [5.41, 5.74) is 6.42. The summed E-state index contributed by atoms with van der Waals surface area (Å²) in [5, 5.41) is 3.15. The molecule has 0 bridgehead atoms. The number of benzene rings is 1. The Hall–Kier alpha value is -1.11. The number of nitrogens with one attached hydrogen (secondary N) is 1. The van der Waals surface area contributed by atoms with Crippen molar-refractivity contribution in [1.29, 1.82) is 0 Å². The first kappa shape index (κ1) is 20.2. The van der Waals surface area contributed by atoms with Crippen LogP contribution in [0.15, 0.2) is 28.7 Å². The van der Waals surface area contributed by atoms with Gasteiger partial charge in [-0.2, -0.15) is 0 Å². The van der Waals surface area contributed by atoms with Crippen molar-refractivity contribution in [2.24, 2.45) is 11.7 Å². The van der Waals surface area contributed by atoms with Crippen LogP contribution in [0.5, 0.6) is 0 Å². The zero-order valence-corrected chi connectivity index (χ0v) is 16.5. The molecule has 0 spiro atoms. The molecule has 0 radical (unpaired) electrons. The monoisotopic (exact) mass is 429 g/mol. The molecule has 1 aliphatic heterocycles. The van der Waals surface area contributed by atoms with Gasteiger partial charge in [0.15, 0.2) is 0 Å². The number of nitrogens with two attached hydrogens (primary N) is 1. The summed E-state index contributed by atoms with van der Waals surface area (Å²) in [4.78, 5) is 27.2. The highest BCUT2D eigenvalue weighted by Crippen LogP contribution is 2.26. The maximum absolute atomic E-state index is 12.7. The molecule has 1 saturated heterocycles. The molecule has 3 atom stereocenters. The zero-order valence-electron chi connectivity index (χ0n) is 14.1. The van der Waals surface area contributed by atoms with Crippen LogP contribution < -0.4 is 11.1 Å². The SMILES string of the molecule is Cl.NCC1CCCC1NC(=O)C1CCCN1C(=O)c1ccc(Br)cc1. The number of rotatable bonds is 4. The lowest BCUT2D eigenvalue weighted by molar-refractivity contribution is -0.125. The smallest absolute Gasteiger partial charge is 0.254 e. The number of amides is 2. The Balaban J connectivity index is 0.00000225. The molecule has 1 aromatic carbocycles. The number of likely N-dealkylation sites (tertiary alicyclic amines) is 1. The van der Waals surface area contributed by atoms with Gasteiger partial charge in [0.2, 0.25) is 5.91 Å². The van der Waals surface area contributed by atoms with Crippen molar-refractivity contribution < 1.29 is 9.59 Å². The molecule has 0 aromatic heterocycles. The fourth-order valence-electron chi connectivity index (χ4n) is 3.83. The summed E-state index contributed by atoms with van der Waals surface area (Å²) < 4.78 is 0.934. The van der Waals surface area contributed by atoms with E-state index in [1.165, 1.54) is 0 Å². The highest BCUT2D eigenvalue weighted by molar-refractivity contribution is 9.10. The largest absolute Gasteiger partial charge is 0.351 e. The summed E-state index contributed by atoms with van der Waals surface area (Å²) in [6.07, 6.45) is 4.77. The molecule has 1 heterocycles. The minimum absolute atomic E-state index is 0. The number of hydrogen-bond donors (Lipinski definition) is 2. The highest BCUT2D eigenvalue weighted by atomic mass is 79.9. The molecule has 2 aliphatic rings. The first-order chi connectivity index (χ1) is 11.6. The molecule has 2 fully saturated rings. The Kier molecular flexibility index (Phi) is 7.28. The number of carbonyl (C=O) groups excluding carboxylic acids is 2. The minimum Gasteiger partial charge on any atom is -0.351 e. The number of carbonyl (C=O) groups is 2. The van der Waals surface area contributed by atoms with Crippen LogP contribution in [0, 0.1) is 5.92 Å². The van der Waals surface area contributed by atoms with Crippen molar-refractivity contribution in [2.45, 2.75) is 44.2 Å². The van der Waals surface area contributed by atoms with Gasteiger partial charge in [-0.25, -0.2) is 0 Å². The Bertz CT molecular complexity index is 611. The highest BCUT2D eigenvalue weighted by Gasteiger charge is 2.37. The second kappa shape index (κ2) is 9.01. The first-order valence-corrected chi connectivity index (χ1v) is 9.46. The average molecular weight is 431 g/mol. The number of halogens is 2. The lowest BCUT2D eigenvalue weighted by Crippen LogP contribution is -2.50. The van der Waals surface area contributed by atoms with Gasteiger partial charge in [-0.3, -0.25) is 9.59 Å². The Morgan fingerprint density at radius 1 is 1.16 bits per heavy atom. The van der Waals surface area contributed by atoms with E-state index in [1.807, 2.05) is 12.1 Å². The van der Waals surface area contributed by atoms with E-state index in [0.29, 0.717) is 24.6 Å². The van der Waals surface area contributed by atoms with E-state index in [4.69, 9.17) is 5.73 Å². The topological polar surface area (TPSA) is 75.4 Å². The van der Waals surface area contributed by atoms with Crippen molar-refractivity contribution in [3.8, 4) is 0 Å². The van der Waals surface area contributed by atoms with Gasteiger partial charge < -0.3 is 16.0 Å². The predicted molar refractivity (Wildman–Crippen MR) is 104 cm³/mol. The summed E-state index contributed by atoms with van der Waals surface area (Å²) in [6, 6.07) is 7.08. The third-order valence-corrected chi connectivity index (χ3v) is 5.73. The van der Waals surface area contributed by atoms with E-state index in [9.17, 15) is 9.59 Å². The third kappa shape index (κ3) is 4.54. The van der Waals surface area contributed by atoms with E-state index in [-0.39, 0.29) is 36.3 Å². The Labute approximate surface area is 163 Å². The van der Waals surface area contributed by atoms with Crippen LogP contribution in [0.4, 0.5) is 0 Å². The molecule has 3 unspecified atom stereocenters. The quantitative estimate of drug-likeness (QED) is 0.771. The van der Waals surface area contributed by atoms with Crippen molar-refractivity contribution in [2.75, 3.05) is 13.1 Å². The van der Waals surface area contributed by atoms with Crippen LogP contribution >= 0.6 is 28.3 Å². The molecule has 3 N–H and O–H groups in total. The van der Waals surface area contributed by atoms with Gasteiger partial charge in [0.25, 0.3) is 5.91 Å². The lowest BCUT2D eigenvalue weighted by Gasteiger charge is -2.27. The summed E-state index contributed by atoms with van der Waals surface area (Å²) in [7, 11) is 0. The van der Waals surface area contributed by atoms with Crippen molar-refractivity contribution in [3.05, 3.63) is 34.3 Å². The molecular formula is C18H25BrClN3O2. The average Bonchev–Trinajstić information content (AvgIpc) is 3.23. The van der Waals surface area contributed by atoms with Crippen LogP contribution in [0.2, 0.25) is 0 Å². The fourth-order valence-corrected chi connectivity index (χ4v) is 4.09. The molecule has 25 heavy (non-hydrogen) atoms. The molecule has 1 aromatic rings. The van der Waals surface area contributed by atoms with Gasteiger partial charge in [-0.05, 0) is 62.4 Å². The summed E-state index contributed by atoms with van der Waals surface area (Å²) in [6.45, 7) is 1.25. The molecule has 5 nitrogen and oxygen atoms in total. The van der Waals surface area contributed by atoms with Crippen LogP contribution in [0.25, 0.3) is 0 Å². The van der Waals surface area contributed by atoms with Gasteiger partial charge >= 0.3 is 0 Å². The summed E-state index contributed by atoms with van der Waals surface area (Å²) in [5.74, 6) is 0.274. The van der Waals surface area contributed by atoms with Crippen molar-refractivity contribution in [3.63, 3.8) is 0 Å². The first-order valence-electron chi connectivity index (χ1n) is 8.67. The zero-order chi connectivity index (χ0) is 17.1. The lowest BCUT2D eigenvalue weighted by atomic mass is 10.0. The minimum atomic E-state index is -0.361. The van der Waals surface area contributed by atoms with E-state index >= 15 is 0 Å². The van der Waals surface area contributed by atoms with E-state index in [1.54, 1.807) is 17.0 Å². The number of hydrogen-bond acceptors (Lipinski definition) is 3. The van der Waals surface area contributed by atoms with Crippen molar-refractivity contribution in [1.82, 2.24) is 10.2 Å². The van der Waals surface area contributed by atoms with E-state index in [0.717, 1.165) is 36.6 Å². The standard InChI is InChI=1S/C18H24BrN3O2.ClH/c19-14-8-6-12(7-9-14)18(24)22-10-2-5-16(22)17(23)21-15-4-1-3-13(15)11-20;/h6-9,13,15-16H,1-5,10-11,20H2,(H,21,23);1H. The maximum atomic E-state index is 12.7. The van der Waals surface area contributed by atoms with Crippen LogP contribution in [-0.2, 0) is 4.79 Å². The molecule has 1 saturated carbocycles. The van der Waals surface area contributed by atoms with Gasteiger partial charge in [-0.15, -0.1) is 12.4 Å². The third-order valence-electron chi connectivity index (χ3n) is 5.20. The second-order valence-corrected chi connectivity index (χ2v) is 7.62. The normalized spacial score (nSPS) is 25.5.